The highest BCUT2D eigenvalue weighted by Crippen LogP contribution is 2.24. The summed E-state index contributed by atoms with van der Waals surface area (Å²) in [6, 6.07) is 22.6. The van der Waals surface area contributed by atoms with Crippen molar-refractivity contribution < 1.29 is 18.7 Å². The maximum atomic E-state index is 13.7. The van der Waals surface area contributed by atoms with Crippen LogP contribution in [0.5, 0.6) is 0 Å². The van der Waals surface area contributed by atoms with Crippen molar-refractivity contribution in [2.24, 2.45) is 0 Å². The molecule has 2 aromatic heterocycles. The molecular weight excluding hydrogens is 457 g/mol. The summed E-state index contributed by atoms with van der Waals surface area (Å²) < 4.78 is 20.4. The van der Waals surface area contributed by atoms with E-state index in [-0.39, 0.29) is 17.8 Å². The third-order valence-electron chi connectivity index (χ3n) is 6.26. The van der Waals surface area contributed by atoms with Crippen LogP contribution in [0.3, 0.4) is 0 Å². The highest BCUT2D eigenvalue weighted by Gasteiger charge is 2.17. The van der Waals surface area contributed by atoms with Gasteiger partial charge in [0.1, 0.15) is 5.82 Å². The van der Waals surface area contributed by atoms with E-state index in [0.29, 0.717) is 23.2 Å². The van der Waals surface area contributed by atoms with Crippen LogP contribution >= 0.6 is 0 Å². The Morgan fingerprint density at radius 2 is 1.78 bits per heavy atom. The fourth-order valence-corrected chi connectivity index (χ4v) is 4.35. The van der Waals surface area contributed by atoms with Gasteiger partial charge in [-0.15, -0.1) is 0 Å². The molecule has 5 rings (SSSR count). The van der Waals surface area contributed by atoms with Crippen LogP contribution in [-0.4, -0.2) is 28.5 Å². The van der Waals surface area contributed by atoms with Crippen LogP contribution in [0.15, 0.2) is 85.1 Å². The Morgan fingerprint density at radius 3 is 2.56 bits per heavy atom. The van der Waals surface area contributed by atoms with E-state index in [1.807, 2.05) is 48.0 Å². The lowest BCUT2D eigenvalue weighted by atomic mass is 10.0. The predicted octanol–water partition coefficient (Wildman–Crippen LogP) is 5.65. The number of pyridine rings is 1. The average molecular weight is 482 g/mol. The van der Waals surface area contributed by atoms with E-state index < -0.39 is 5.97 Å². The van der Waals surface area contributed by atoms with Gasteiger partial charge in [0, 0.05) is 23.0 Å². The SMILES string of the molecule is COC(=O)c1ccc([C@H](C)NC(=O)c2cccc3ccn(Cc4ccc5ccc(F)cc5n4)c23)cc1. The second-order valence-electron chi connectivity index (χ2n) is 8.64. The van der Waals surface area contributed by atoms with Gasteiger partial charge >= 0.3 is 5.97 Å². The number of rotatable bonds is 6. The van der Waals surface area contributed by atoms with Gasteiger partial charge in [-0.1, -0.05) is 30.3 Å². The second kappa shape index (κ2) is 9.62. The molecule has 7 heteroatoms. The molecule has 0 radical (unpaired) electrons. The van der Waals surface area contributed by atoms with Crippen molar-refractivity contribution in [3.8, 4) is 0 Å². The number of carbonyl (C=O) groups excluding carboxylic acids is 2. The Labute approximate surface area is 207 Å². The maximum absolute atomic E-state index is 13.7. The lowest BCUT2D eigenvalue weighted by Gasteiger charge is -2.16. The Hall–Kier alpha value is -4.52. The van der Waals surface area contributed by atoms with Crippen molar-refractivity contribution in [3.63, 3.8) is 0 Å². The van der Waals surface area contributed by atoms with Crippen LogP contribution in [0, 0.1) is 5.82 Å². The summed E-state index contributed by atoms with van der Waals surface area (Å²) in [6.45, 7) is 2.33. The smallest absolute Gasteiger partial charge is 0.337 e. The van der Waals surface area contributed by atoms with E-state index in [2.05, 4.69) is 10.3 Å². The van der Waals surface area contributed by atoms with E-state index in [4.69, 9.17) is 4.74 Å². The number of carbonyl (C=O) groups is 2. The number of hydrogen-bond donors (Lipinski definition) is 1. The van der Waals surface area contributed by atoms with E-state index >= 15 is 0 Å². The molecule has 0 aliphatic rings. The average Bonchev–Trinajstić information content (AvgIpc) is 3.30. The number of hydrogen-bond acceptors (Lipinski definition) is 4. The van der Waals surface area contributed by atoms with Crippen LogP contribution in [-0.2, 0) is 11.3 Å². The second-order valence-corrected chi connectivity index (χ2v) is 8.64. The van der Waals surface area contributed by atoms with Gasteiger partial charge in [-0.2, -0.15) is 0 Å². The summed E-state index contributed by atoms with van der Waals surface area (Å²) in [5.74, 6) is -0.943. The van der Waals surface area contributed by atoms with E-state index in [9.17, 15) is 14.0 Å². The molecule has 0 saturated carbocycles. The minimum atomic E-state index is -0.406. The molecule has 0 saturated heterocycles. The van der Waals surface area contributed by atoms with Gasteiger partial charge in [0.15, 0.2) is 0 Å². The van der Waals surface area contributed by atoms with Crippen LogP contribution in [0.2, 0.25) is 0 Å². The number of halogens is 1. The molecule has 3 aromatic carbocycles. The molecule has 0 bridgehead atoms. The first-order valence-electron chi connectivity index (χ1n) is 11.5. The Bertz CT molecular complexity index is 1590. The zero-order chi connectivity index (χ0) is 25.2. The van der Waals surface area contributed by atoms with Crippen molar-refractivity contribution in [3.05, 3.63) is 113 Å². The summed E-state index contributed by atoms with van der Waals surface area (Å²) in [6.07, 6.45) is 1.92. The third-order valence-corrected chi connectivity index (χ3v) is 6.26. The molecule has 1 atom stereocenters. The highest BCUT2D eigenvalue weighted by molar-refractivity contribution is 6.06. The number of nitrogens with zero attached hydrogens (tertiary/aromatic N) is 2. The summed E-state index contributed by atoms with van der Waals surface area (Å²) in [5, 5.41) is 4.85. The van der Waals surface area contributed by atoms with Crippen LogP contribution < -0.4 is 5.32 Å². The summed E-state index contributed by atoms with van der Waals surface area (Å²) in [7, 11) is 1.34. The fraction of sp³-hybridized carbons (Fsp3) is 0.138. The van der Waals surface area contributed by atoms with Crippen molar-refractivity contribution in [1.29, 1.82) is 0 Å². The van der Waals surface area contributed by atoms with Gasteiger partial charge in [0.05, 0.1) is 47.6 Å². The molecule has 0 unspecified atom stereocenters. The van der Waals surface area contributed by atoms with Gasteiger partial charge in [0.2, 0.25) is 0 Å². The molecule has 2 heterocycles. The third kappa shape index (κ3) is 4.55. The van der Waals surface area contributed by atoms with E-state index in [1.165, 1.54) is 19.2 Å². The van der Waals surface area contributed by atoms with Crippen molar-refractivity contribution in [2.45, 2.75) is 19.5 Å². The largest absolute Gasteiger partial charge is 0.465 e. The van der Waals surface area contributed by atoms with Crippen LogP contribution in [0.4, 0.5) is 4.39 Å². The molecule has 0 aliphatic carbocycles. The van der Waals surface area contributed by atoms with Crippen molar-refractivity contribution >= 4 is 33.7 Å². The van der Waals surface area contributed by atoms with Gasteiger partial charge in [-0.3, -0.25) is 9.78 Å². The van der Waals surface area contributed by atoms with E-state index in [1.54, 1.807) is 36.4 Å². The van der Waals surface area contributed by atoms with Gasteiger partial charge in [0.25, 0.3) is 5.91 Å². The number of esters is 1. The van der Waals surface area contributed by atoms with Crippen molar-refractivity contribution in [2.75, 3.05) is 7.11 Å². The number of nitrogens with one attached hydrogen (secondary N) is 1. The normalized spacial score (nSPS) is 12.0. The Morgan fingerprint density at radius 1 is 1.00 bits per heavy atom. The molecule has 1 N–H and O–H groups in total. The van der Waals surface area contributed by atoms with Crippen molar-refractivity contribution in [1.82, 2.24) is 14.9 Å². The quantitative estimate of drug-likeness (QED) is 0.318. The number of para-hydroxylation sites is 1. The number of amides is 1. The Kier molecular flexibility index (Phi) is 6.21. The molecule has 0 spiro atoms. The molecule has 180 valence electrons. The first-order valence-corrected chi connectivity index (χ1v) is 11.5. The number of benzene rings is 3. The summed E-state index contributed by atoms with van der Waals surface area (Å²) in [4.78, 5) is 29.6. The van der Waals surface area contributed by atoms with Crippen LogP contribution in [0.1, 0.15) is 44.9 Å². The summed E-state index contributed by atoms with van der Waals surface area (Å²) in [5.41, 5.74) is 4.01. The number of aromatic nitrogens is 2. The lowest BCUT2D eigenvalue weighted by molar-refractivity contribution is 0.0600. The highest BCUT2D eigenvalue weighted by atomic mass is 19.1. The van der Waals surface area contributed by atoms with Gasteiger partial charge in [-0.05, 0) is 55.0 Å². The number of methoxy groups -OCH3 is 1. The molecule has 0 fully saturated rings. The minimum Gasteiger partial charge on any atom is -0.465 e. The van der Waals surface area contributed by atoms with Gasteiger partial charge < -0.3 is 14.6 Å². The van der Waals surface area contributed by atoms with E-state index in [0.717, 1.165) is 27.5 Å². The number of fused-ring (bicyclic) bond motifs is 2. The zero-order valence-corrected chi connectivity index (χ0v) is 19.9. The van der Waals surface area contributed by atoms with Crippen LogP contribution in [0.25, 0.3) is 21.8 Å². The minimum absolute atomic E-state index is 0.210. The lowest BCUT2D eigenvalue weighted by Crippen LogP contribution is -2.27. The molecule has 0 aliphatic heterocycles. The maximum Gasteiger partial charge on any atom is 0.337 e. The topological polar surface area (TPSA) is 73.2 Å². The Balaban J connectivity index is 1.41. The van der Waals surface area contributed by atoms with Gasteiger partial charge in [-0.25, -0.2) is 9.18 Å². The monoisotopic (exact) mass is 481 g/mol. The fourth-order valence-electron chi connectivity index (χ4n) is 4.35. The molecule has 36 heavy (non-hydrogen) atoms. The zero-order valence-electron chi connectivity index (χ0n) is 19.9. The first-order chi connectivity index (χ1) is 17.4. The summed E-state index contributed by atoms with van der Waals surface area (Å²) >= 11 is 0. The molecular formula is C29H24FN3O3. The predicted molar refractivity (Wildman–Crippen MR) is 136 cm³/mol. The number of ether oxygens (including phenoxy) is 1. The standard InChI is InChI=1S/C29H24FN3O3/c1-18(19-6-8-22(9-7-19)29(35)36-2)31-28(34)25-5-3-4-21-14-15-33(27(21)25)17-24-13-11-20-10-12-23(30)16-26(20)32-24/h3-16,18H,17H2,1-2H3,(H,31,34)/t18-/m0/s1. The molecule has 1 amide bonds. The first kappa shape index (κ1) is 23.2. The molecule has 5 aromatic rings. The molecule has 6 nitrogen and oxygen atoms in total.